The third kappa shape index (κ3) is 6.25. The van der Waals surface area contributed by atoms with Gasteiger partial charge in [-0.25, -0.2) is 8.42 Å². The van der Waals surface area contributed by atoms with E-state index in [0.717, 1.165) is 12.0 Å². The van der Waals surface area contributed by atoms with Gasteiger partial charge >= 0.3 is 0 Å². The van der Waals surface area contributed by atoms with Crippen LogP contribution in [0.3, 0.4) is 0 Å². The van der Waals surface area contributed by atoms with E-state index in [1.807, 2.05) is 19.1 Å². The van der Waals surface area contributed by atoms with Gasteiger partial charge in [0.25, 0.3) is 0 Å². The van der Waals surface area contributed by atoms with E-state index in [4.69, 9.17) is 0 Å². The maximum atomic E-state index is 12.7. The van der Waals surface area contributed by atoms with Crippen LogP contribution < -0.4 is 10.6 Å². The summed E-state index contributed by atoms with van der Waals surface area (Å²) in [5.41, 5.74) is 2.31. The standard InChI is InChI=1S/C22H26N2O5S/c1-4-16-9-11-18(12-10-16)23-21(26)14-30(28,29)20(5-2)22(27)24-19-8-6-7-17(13-19)15(3)25/h6-13,20H,4-5,14H2,1-3H3,(H,23,26)(H,24,27). The Morgan fingerprint density at radius 1 is 0.933 bits per heavy atom. The Balaban J connectivity index is 2.07. The number of carbonyl (C=O) groups excluding carboxylic acids is 3. The Morgan fingerprint density at radius 2 is 1.60 bits per heavy atom. The molecule has 1 atom stereocenters. The van der Waals surface area contributed by atoms with Crippen LogP contribution in [0.1, 0.15) is 43.1 Å². The highest BCUT2D eigenvalue weighted by atomic mass is 32.2. The summed E-state index contributed by atoms with van der Waals surface area (Å²) in [6.07, 6.45) is 0.865. The van der Waals surface area contributed by atoms with Crippen molar-refractivity contribution in [2.24, 2.45) is 0 Å². The van der Waals surface area contributed by atoms with Crippen LogP contribution in [-0.2, 0) is 25.8 Å². The van der Waals surface area contributed by atoms with E-state index in [2.05, 4.69) is 10.6 Å². The molecule has 8 heteroatoms. The number of anilines is 2. The highest BCUT2D eigenvalue weighted by Crippen LogP contribution is 2.16. The quantitative estimate of drug-likeness (QED) is 0.594. The van der Waals surface area contributed by atoms with Crippen LogP contribution in [0.5, 0.6) is 0 Å². The van der Waals surface area contributed by atoms with E-state index in [9.17, 15) is 22.8 Å². The SMILES string of the molecule is CCc1ccc(NC(=O)CS(=O)(=O)C(CC)C(=O)Nc2cccc(C(C)=O)c2)cc1. The molecule has 160 valence electrons. The number of carbonyl (C=O) groups is 3. The third-order valence-corrected chi connectivity index (χ3v) is 6.69. The highest BCUT2D eigenvalue weighted by Gasteiger charge is 2.33. The molecule has 0 radical (unpaired) electrons. The van der Waals surface area contributed by atoms with Gasteiger partial charge < -0.3 is 10.6 Å². The molecule has 2 rings (SSSR count). The fourth-order valence-corrected chi connectivity index (χ4v) is 4.48. The predicted molar refractivity (Wildman–Crippen MR) is 117 cm³/mol. The van der Waals surface area contributed by atoms with Crippen LogP contribution in [-0.4, -0.2) is 37.0 Å². The minimum Gasteiger partial charge on any atom is -0.325 e. The van der Waals surface area contributed by atoms with Gasteiger partial charge in [-0.1, -0.05) is 38.1 Å². The lowest BCUT2D eigenvalue weighted by atomic mass is 10.1. The second-order valence-corrected chi connectivity index (χ2v) is 9.11. The lowest BCUT2D eigenvalue weighted by molar-refractivity contribution is -0.115. The molecule has 1 unspecified atom stereocenters. The predicted octanol–water partition coefficient (Wildman–Crippen LogP) is 3.22. The van der Waals surface area contributed by atoms with Crippen LogP contribution in [0.2, 0.25) is 0 Å². The van der Waals surface area contributed by atoms with Gasteiger partial charge in [-0.3, -0.25) is 14.4 Å². The molecule has 0 fully saturated rings. The second-order valence-electron chi connectivity index (χ2n) is 6.93. The number of aryl methyl sites for hydroxylation is 1. The summed E-state index contributed by atoms with van der Waals surface area (Å²) >= 11 is 0. The normalized spacial score (nSPS) is 12.1. The summed E-state index contributed by atoms with van der Waals surface area (Å²) in [6, 6.07) is 13.3. The number of rotatable bonds is 9. The maximum absolute atomic E-state index is 12.7. The van der Waals surface area contributed by atoms with E-state index in [1.165, 1.54) is 13.0 Å². The summed E-state index contributed by atoms with van der Waals surface area (Å²) < 4.78 is 25.4. The van der Waals surface area contributed by atoms with Crippen molar-refractivity contribution in [3.63, 3.8) is 0 Å². The van der Waals surface area contributed by atoms with Crippen molar-refractivity contribution in [3.05, 3.63) is 59.7 Å². The topological polar surface area (TPSA) is 109 Å². The fraction of sp³-hybridized carbons (Fsp3) is 0.318. The molecule has 0 bridgehead atoms. The smallest absolute Gasteiger partial charge is 0.242 e. The minimum atomic E-state index is -4.04. The van der Waals surface area contributed by atoms with Crippen LogP contribution in [0, 0.1) is 0 Å². The monoisotopic (exact) mass is 430 g/mol. The van der Waals surface area contributed by atoms with Gasteiger partial charge in [0, 0.05) is 16.9 Å². The lowest BCUT2D eigenvalue weighted by Gasteiger charge is -2.16. The minimum absolute atomic E-state index is 0.0129. The molecular formula is C22H26N2O5S. The first-order valence-corrected chi connectivity index (χ1v) is 11.4. The second kappa shape index (κ2) is 10.2. The van der Waals surface area contributed by atoms with Crippen LogP contribution >= 0.6 is 0 Å². The average molecular weight is 431 g/mol. The van der Waals surface area contributed by atoms with Gasteiger partial charge in [0.2, 0.25) is 11.8 Å². The molecule has 2 N–H and O–H groups in total. The van der Waals surface area contributed by atoms with Gasteiger partial charge in [0.1, 0.15) is 11.0 Å². The Morgan fingerprint density at radius 3 is 2.17 bits per heavy atom. The molecule has 0 aliphatic carbocycles. The zero-order chi connectivity index (χ0) is 22.3. The molecule has 0 saturated carbocycles. The van der Waals surface area contributed by atoms with Crippen molar-refractivity contribution in [2.75, 3.05) is 16.4 Å². The van der Waals surface area contributed by atoms with Crippen LogP contribution in [0.15, 0.2) is 48.5 Å². The number of hydrogen-bond donors (Lipinski definition) is 2. The molecule has 30 heavy (non-hydrogen) atoms. The summed E-state index contributed by atoms with van der Waals surface area (Å²) in [5, 5.41) is 3.69. The molecule has 0 saturated heterocycles. The van der Waals surface area contributed by atoms with E-state index in [-0.39, 0.29) is 12.2 Å². The summed E-state index contributed by atoms with van der Waals surface area (Å²) in [4.78, 5) is 36.3. The van der Waals surface area contributed by atoms with Crippen molar-refractivity contribution in [1.29, 1.82) is 0 Å². The van der Waals surface area contributed by atoms with E-state index < -0.39 is 32.7 Å². The number of amides is 2. The molecule has 0 aromatic heterocycles. The summed E-state index contributed by atoms with van der Waals surface area (Å²) in [5.74, 6) is -2.42. The molecule has 2 aromatic rings. The Bertz CT molecular complexity index is 1030. The first-order valence-electron chi connectivity index (χ1n) is 9.68. The van der Waals surface area contributed by atoms with E-state index in [0.29, 0.717) is 16.9 Å². The zero-order valence-corrected chi connectivity index (χ0v) is 18.1. The molecule has 7 nitrogen and oxygen atoms in total. The molecule has 0 heterocycles. The van der Waals surface area contributed by atoms with Crippen LogP contribution in [0.4, 0.5) is 11.4 Å². The first-order chi connectivity index (χ1) is 14.2. The molecular weight excluding hydrogens is 404 g/mol. The van der Waals surface area contributed by atoms with Gasteiger partial charge in [0.05, 0.1) is 0 Å². The Kier molecular flexibility index (Phi) is 7.88. The zero-order valence-electron chi connectivity index (χ0n) is 17.3. The fourth-order valence-electron chi connectivity index (χ4n) is 2.95. The number of hydrogen-bond acceptors (Lipinski definition) is 5. The number of nitrogens with one attached hydrogen (secondary N) is 2. The molecule has 0 aliphatic heterocycles. The van der Waals surface area contributed by atoms with E-state index >= 15 is 0 Å². The van der Waals surface area contributed by atoms with Crippen molar-refractivity contribution in [1.82, 2.24) is 0 Å². The van der Waals surface area contributed by atoms with Crippen molar-refractivity contribution < 1.29 is 22.8 Å². The third-order valence-electron chi connectivity index (χ3n) is 4.61. The Labute approximate surface area is 176 Å². The number of benzene rings is 2. The molecule has 0 spiro atoms. The average Bonchev–Trinajstić information content (AvgIpc) is 2.68. The van der Waals surface area contributed by atoms with Crippen LogP contribution in [0.25, 0.3) is 0 Å². The van der Waals surface area contributed by atoms with Crippen molar-refractivity contribution in [3.8, 4) is 0 Å². The molecule has 2 aromatic carbocycles. The molecule has 0 aliphatic rings. The van der Waals surface area contributed by atoms with Crippen molar-refractivity contribution in [2.45, 2.75) is 38.9 Å². The van der Waals surface area contributed by atoms with Gasteiger partial charge in [-0.05, 0) is 49.6 Å². The van der Waals surface area contributed by atoms with Gasteiger partial charge in [-0.2, -0.15) is 0 Å². The summed E-state index contributed by atoms with van der Waals surface area (Å²) in [7, 11) is -4.04. The Hall–Kier alpha value is -3.00. The maximum Gasteiger partial charge on any atom is 0.242 e. The van der Waals surface area contributed by atoms with Crippen molar-refractivity contribution >= 4 is 38.8 Å². The van der Waals surface area contributed by atoms with E-state index in [1.54, 1.807) is 37.3 Å². The van der Waals surface area contributed by atoms with Gasteiger partial charge in [-0.15, -0.1) is 0 Å². The number of Topliss-reactive ketones (excluding diaryl/α,β-unsaturated/α-hetero) is 1. The largest absolute Gasteiger partial charge is 0.325 e. The summed E-state index contributed by atoms with van der Waals surface area (Å²) in [6.45, 7) is 4.97. The first kappa shape index (κ1) is 23.3. The highest BCUT2D eigenvalue weighted by molar-refractivity contribution is 7.93. The lowest BCUT2D eigenvalue weighted by Crippen LogP contribution is -2.39. The number of ketones is 1. The van der Waals surface area contributed by atoms with Gasteiger partial charge in [0.15, 0.2) is 15.6 Å². The number of sulfone groups is 1. The molecule has 2 amide bonds.